The lowest BCUT2D eigenvalue weighted by Gasteiger charge is -2.05. The second-order valence-electron chi connectivity index (χ2n) is 5.83. The summed E-state index contributed by atoms with van der Waals surface area (Å²) in [5, 5.41) is 27.2. The summed E-state index contributed by atoms with van der Waals surface area (Å²) < 4.78 is 15.6. The Morgan fingerprint density at radius 2 is 1.93 bits per heavy atom. The Kier molecular flexibility index (Phi) is 4.83. The van der Waals surface area contributed by atoms with Crippen LogP contribution in [-0.4, -0.2) is 30.9 Å². The fourth-order valence-corrected chi connectivity index (χ4v) is 2.82. The van der Waals surface area contributed by atoms with Crippen molar-refractivity contribution in [3.8, 4) is 11.4 Å². The molecule has 0 atom stereocenters. The molecular weight excluding hydrogens is 401 g/mol. The maximum Gasteiger partial charge on any atom is 0.269 e. The second kappa shape index (κ2) is 7.60. The van der Waals surface area contributed by atoms with Gasteiger partial charge in [-0.3, -0.25) is 15.5 Å². The van der Waals surface area contributed by atoms with Gasteiger partial charge in [-0.1, -0.05) is 17.7 Å². The summed E-state index contributed by atoms with van der Waals surface area (Å²) in [4.78, 5) is 10.2. The van der Waals surface area contributed by atoms with Gasteiger partial charge >= 0.3 is 0 Å². The van der Waals surface area contributed by atoms with Crippen molar-refractivity contribution in [2.75, 3.05) is 5.43 Å². The van der Waals surface area contributed by atoms with E-state index in [1.54, 1.807) is 30.3 Å². The zero-order chi connectivity index (χ0) is 20.4. The molecule has 29 heavy (non-hydrogen) atoms. The van der Waals surface area contributed by atoms with Gasteiger partial charge < -0.3 is 0 Å². The van der Waals surface area contributed by atoms with Crippen LogP contribution in [0.4, 0.5) is 15.9 Å². The average molecular weight is 412 g/mol. The topological polar surface area (TPSA) is 111 Å². The molecule has 0 bridgehead atoms. The lowest BCUT2D eigenvalue weighted by atomic mass is 10.2. The molecule has 4 rings (SSSR count). The third-order valence-corrected chi connectivity index (χ3v) is 4.26. The molecule has 2 aromatic heterocycles. The van der Waals surface area contributed by atoms with Crippen LogP contribution in [0, 0.1) is 15.9 Å². The number of anilines is 1. The highest BCUT2D eigenvalue weighted by Gasteiger charge is 2.17. The van der Waals surface area contributed by atoms with Crippen molar-refractivity contribution in [3.63, 3.8) is 0 Å². The number of nitrogens with zero attached hydrogens (tertiary/aromatic N) is 6. The Bertz CT molecular complexity index is 1220. The van der Waals surface area contributed by atoms with E-state index in [1.807, 2.05) is 0 Å². The first kappa shape index (κ1) is 18.4. The van der Waals surface area contributed by atoms with Crippen LogP contribution in [0.25, 0.3) is 17.0 Å². The Morgan fingerprint density at radius 1 is 1.14 bits per heavy atom. The van der Waals surface area contributed by atoms with Gasteiger partial charge in [0.25, 0.3) is 5.69 Å². The molecule has 2 heterocycles. The van der Waals surface area contributed by atoms with Gasteiger partial charge in [-0.15, -0.1) is 15.3 Å². The van der Waals surface area contributed by atoms with Crippen molar-refractivity contribution in [1.29, 1.82) is 0 Å². The maximum absolute atomic E-state index is 14.2. The summed E-state index contributed by atoms with van der Waals surface area (Å²) in [6, 6.07) is 13.5. The molecule has 0 spiro atoms. The van der Waals surface area contributed by atoms with Crippen LogP contribution in [0.3, 0.4) is 0 Å². The standard InChI is InChI=1S/C18H11ClFN7O2/c19-13-2-1-3-14(20)17(13)18-24-23-16-9-8-15(25-26(16)18)22-21-10-11-4-6-12(7-5-11)27(28)29/h1-10H,(H,22,25)/b21-10-. The Balaban J connectivity index is 1.60. The fourth-order valence-electron chi connectivity index (χ4n) is 2.57. The summed E-state index contributed by atoms with van der Waals surface area (Å²) in [5.74, 6) is -0.0292. The molecule has 0 saturated carbocycles. The smallest absolute Gasteiger partial charge is 0.260 e. The largest absolute Gasteiger partial charge is 0.269 e. The van der Waals surface area contributed by atoms with Crippen LogP contribution in [-0.2, 0) is 0 Å². The van der Waals surface area contributed by atoms with Gasteiger partial charge in [-0.25, -0.2) is 4.39 Å². The first-order chi connectivity index (χ1) is 14.0. The summed E-state index contributed by atoms with van der Waals surface area (Å²) in [6.45, 7) is 0. The number of hydrogen-bond donors (Lipinski definition) is 1. The number of hydrazone groups is 1. The van der Waals surface area contributed by atoms with Crippen LogP contribution < -0.4 is 5.43 Å². The molecule has 9 nitrogen and oxygen atoms in total. The van der Waals surface area contributed by atoms with Crippen LogP contribution in [0.15, 0.2) is 59.7 Å². The van der Waals surface area contributed by atoms with Gasteiger partial charge in [0.15, 0.2) is 17.3 Å². The highest BCUT2D eigenvalue weighted by Crippen LogP contribution is 2.29. The summed E-state index contributed by atoms with van der Waals surface area (Å²) in [5.41, 5.74) is 3.90. The van der Waals surface area contributed by atoms with Gasteiger partial charge in [0.1, 0.15) is 5.82 Å². The third kappa shape index (κ3) is 3.73. The number of fused-ring (bicyclic) bond motifs is 1. The molecule has 4 aromatic rings. The van der Waals surface area contributed by atoms with Gasteiger partial charge in [0, 0.05) is 12.1 Å². The number of benzene rings is 2. The van der Waals surface area contributed by atoms with Crippen LogP contribution in [0.1, 0.15) is 5.56 Å². The minimum atomic E-state index is -0.539. The number of nitrogens with one attached hydrogen (secondary N) is 1. The lowest BCUT2D eigenvalue weighted by molar-refractivity contribution is -0.384. The molecule has 0 saturated heterocycles. The number of hydrogen-bond acceptors (Lipinski definition) is 7. The third-order valence-electron chi connectivity index (χ3n) is 3.95. The van der Waals surface area contributed by atoms with Gasteiger partial charge in [0.2, 0.25) is 0 Å². The number of aromatic nitrogens is 4. The summed E-state index contributed by atoms with van der Waals surface area (Å²) in [7, 11) is 0. The molecule has 0 aliphatic carbocycles. The number of nitro benzene ring substituents is 1. The van der Waals surface area contributed by atoms with Gasteiger partial charge in [0.05, 0.1) is 21.7 Å². The molecule has 0 aliphatic heterocycles. The van der Waals surface area contributed by atoms with Crippen molar-refractivity contribution in [1.82, 2.24) is 19.8 Å². The van der Waals surface area contributed by atoms with Crippen LogP contribution in [0.5, 0.6) is 0 Å². The minimum absolute atomic E-state index is 0.00540. The second-order valence-corrected chi connectivity index (χ2v) is 6.23. The molecule has 11 heteroatoms. The van der Waals surface area contributed by atoms with Crippen molar-refractivity contribution in [2.45, 2.75) is 0 Å². The Hall–Kier alpha value is -3.92. The van der Waals surface area contributed by atoms with E-state index in [0.717, 1.165) is 0 Å². The molecule has 0 amide bonds. The number of rotatable bonds is 5. The van der Waals surface area contributed by atoms with E-state index in [0.29, 0.717) is 17.0 Å². The van der Waals surface area contributed by atoms with Gasteiger partial charge in [-0.05, 0) is 42.0 Å². The van der Waals surface area contributed by atoms with Crippen molar-refractivity contribution < 1.29 is 9.31 Å². The van der Waals surface area contributed by atoms with E-state index >= 15 is 0 Å². The normalized spacial score (nSPS) is 11.2. The van der Waals surface area contributed by atoms with E-state index in [-0.39, 0.29) is 22.1 Å². The highest BCUT2D eigenvalue weighted by molar-refractivity contribution is 6.33. The first-order valence-corrected chi connectivity index (χ1v) is 8.61. The quantitative estimate of drug-likeness (QED) is 0.302. The minimum Gasteiger partial charge on any atom is -0.260 e. The van der Waals surface area contributed by atoms with Crippen molar-refractivity contribution in [3.05, 3.63) is 81.1 Å². The molecule has 144 valence electrons. The zero-order valence-corrected chi connectivity index (χ0v) is 15.3. The van der Waals surface area contributed by atoms with Crippen LogP contribution >= 0.6 is 11.6 Å². The average Bonchev–Trinajstić information content (AvgIpc) is 3.11. The summed E-state index contributed by atoms with van der Waals surface area (Å²) in [6.07, 6.45) is 1.48. The zero-order valence-electron chi connectivity index (χ0n) is 14.5. The maximum atomic E-state index is 14.2. The SMILES string of the molecule is O=[N+]([O-])c1ccc(/C=N\Nc2ccc3nnc(-c4c(F)cccc4Cl)n3n2)cc1. The van der Waals surface area contributed by atoms with Gasteiger partial charge in [-0.2, -0.15) is 9.62 Å². The number of non-ortho nitro benzene ring substituents is 1. The van der Waals surface area contributed by atoms with E-state index in [4.69, 9.17) is 11.6 Å². The van der Waals surface area contributed by atoms with Crippen LogP contribution in [0.2, 0.25) is 5.02 Å². The van der Waals surface area contributed by atoms with E-state index in [1.165, 1.54) is 35.0 Å². The molecule has 0 unspecified atom stereocenters. The lowest BCUT2D eigenvalue weighted by Crippen LogP contribution is -2.01. The molecule has 0 fully saturated rings. The predicted octanol–water partition coefficient (Wildman–Crippen LogP) is 3.94. The summed E-state index contributed by atoms with van der Waals surface area (Å²) >= 11 is 6.11. The number of nitro groups is 1. The number of halogens is 2. The van der Waals surface area contributed by atoms with Crippen molar-refractivity contribution in [2.24, 2.45) is 5.10 Å². The van der Waals surface area contributed by atoms with E-state index in [2.05, 4.69) is 25.8 Å². The Labute approximate surface area is 167 Å². The molecule has 0 aliphatic rings. The van der Waals surface area contributed by atoms with E-state index < -0.39 is 10.7 Å². The first-order valence-electron chi connectivity index (χ1n) is 8.23. The van der Waals surface area contributed by atoms with E-state index in [9.17, 15) is 14.5 Å². The fraction of sp³-hybridized carbons (Fsp3) is 0. The van der Waals surface area contributed by atoms with Crippen molar-refractivity contribution >= 4 is 35.0 Å². The molecule has 2 aromatic carbocycles. The molecule has 0 radical (unpaired) electrons. The molecule has 1 N–H and O–H groups in total. The monoisotopic (exact) mass is 411 g/mol. The highest BCUT2D eigenvalue weighted by atomic mass is 35.5. The Morgan fingerprint density at radius 3 is 2.66 bits per heavy atom. The predicted molar refractivity (Wildman–Crippen MR) is 105 cm³/mol. The molecular formula is C18H11ClFN7O2.